The monoisotopic (exact) mass is 315 g/mol. The van der Waals surface area contributed by atoms with Crippen LogP contribution in [0.15, 0.2) is 83.3 Å². The molecule has 0 aliphatic rings. The molecule has 1 heterocycles. The molecule has 0 unspecified atom stereocenters. The van der Waals surface area contributed by atoms with Gasteiger partial charge in [-0.1, -0.05) is 30.3 Å². The van der Waals surface area contributed by atoms with Gasteiger partial charge >= 0.3 is 5.97 Å². The summed E-state index contributed by atoms with van der Waals surface area (Å²) in [7, 11) is 0. The van der Waals surface area contributed by atoms with E-state index in [9.17, 15) is 4.79 Å². The van der Waals surface area contributed by atoms with Crippen molar-refractivity contribution < 1.29 is 13.9 Å². The maximum Gasteiger partial charge on any atom is 0.343 e. The highest BCUT2D eigenvalue weighted by molar-refractivity contribution is 5.91. The van der Waals surface area contributed by atoms with E-state index in [-0.39, 0.29) is 5.97 Å². The zero-order valence-corrected chi connectivity index (χ0v) is 12.7. The third kappa shape index (κ3) is 2.77. The van der Waals surface area contributed by atoms with Crippen LogP contribution in [0.25, 0.3) is 22.6 Å². The molecule has 4 heteroatoms. The second kappa shape index (κ2) is 6.01. The Kier molecular flexibility index (Phi) is 3.56. The number of aromatic nitrogens is 1. The van der Waals surface area contributed by atoms with Crippen LogP contribution < -0.4 is 4.74 Å². The van der Waals surface area contributed by atoms with Gasteiger partial charge in [0.05, 0.1) is 5.56 Å². The van der Waals surface area contributed by atoms with Gasteiger partial charge in [-0.15, -0.1) is 0 Å². The predicted molar refractivity (Wildman–Crippen MR) is 90.8 cm³/mol. The number of para-hydroxylation sites is 2. The summed E-state index contributed by atoms with van der Waals surface area (Å²) in [6.07, 6.45) is 0. The van der Waals surface area contributed by atoms with Crippen LogP contribution >= 0.6 is 0 Å². The predicted octanol–water partition coefficient (Wildman–Crippen LogP) is 4.71. The topological polar surface area (TPSA) is 52.3 Å². The smallest absolute Gasteiger partial charge is 0.343 e. The summed E-state index contributed by atoms with van der Waals surface area (Å²) in [4.78, 5) is 16.5. The Morgan fingerprint density at radius 3 is 2.29 bits per heavy atom. The van der Waals surface area contributed by atoms with Gasteiger partial charge in [0.1, 0.15) is 11.3 Å². The van der Waals surface area contributed by atoms with E-state index in [0.29, 0.717) is 17.2 Å². The summed E-state index contributed by atoms with van der Waals surface area (Å²) in [5.74, 6) is 0.631. The molecule has 0 aliphatic carbocycles. The Morgan fingerprint density at radius 1 is 0.833 bits per heavy atom. The second-order valence-corrected chi connectivity index (χ2v) is 5.27. The van der Waals surface area contributed by atoms with Crippen LogP contribution in [0.1, 0.15) is 10.4 Å². The lowest BCUT2D eigenvalue weighted by atomic mass is 10.2. The Hall–Kier alpha value is -3.40. The van der Waals surface area contributed by atoms with E-state index in [1.807, 2.05) is 42.5 Å². The third-order valence-electron chi connectivity index (χ3n) is 3.62. The summed E-state index contributed by atoms with van der Waals surface area (Å²) in [6.45, 7) is 0. The van der Waals surface area contributed by atoms with Crippen molar-refractivity contribution in [1.29, 1.82) is 0 Å². The van der Waals surface area contributed by atoms with Crippen molar-refractivity contribution in [3.8, 4) is 17.2 Å². The van der Waals surface area contributed by atoms with E-state index in [1.165, 1.54) is 0 Å². The first-order chi connectivity index (χ1) is 11.8. The van der Waals surface area contributed by atoms with Crippen molar-refractivity contribution in [3.05, 3.63) is 84.4 Å². The molecule has 3 aromatic carbocycles. The lowest BCUT2D eigenvalue weighted by molar-refractivity contribution is 0.0735. The molecule has 0 spiro atoms. The maximum absolute atomic E-state index is 12.0. The molecule has 0 N–H and O–H groups in total. The Morgan fingerprint density at radius 2 is 1.54 bits per heavy atom. The zero-order valence-electron chi connectivity index (χ0n) is 12.7. The first kappa shape index (κ1) is 14.2. The average Bonchev–Trinajstić information content (AvgIpc) is 3.07. The molecule has 0 saturated carbocycles. The number of rotatable bonds is 3. The molecule has 0 atom stereocenters. The fourth-order valence-electron chi connectivity index (χ4n) is 2.40. The van der Waals surface area contributed by atoms with Crippen LogP contribution in [0.3, 0.4) is 0 Å². The number of oxazole rings is 1. The van der Waals surface area contributed by atoms with Crippen molar-refractivity contribution in [3.63, 3.8) is 0 Å². The van der Waals surface area contributed by atoms with Crippen molar-refractivity contribution in [2.45, 2.75) is 0 Å². The summed E-state index contributed by atoms with van der Waals surface area (Å²) >= 11 is 0. The minimum atomic E-state index is -0.384. The molecule has 0 fully saturated rings. The number of ether oxygens (including phenoxy) is 1. The van der Waals surface area contributed by atoms with Gasteiger partial charge in [0.25, 0.3) is 0 Å². The van der Waals surface area contributed by atoms with Crippen LogP contribution in [-0.2, 0) is 0 Å². The number of fused-ring (bicyclic) bond motifs is 1. The molecule has 116 valence electrons. The molecule has 24 heavy (non-hydrogen) atoms. The van der Waals surface area contributed by atoms with Gasteiger partial charge in [-0.2, -0.15) is 0 Å². The summed E-state index contributed by atoms with van der Waals surface area (Å²) in [5.41, 5.74) is 2.89. The zero-order chi connectivity index (χ0) is 16.4. The SMILES string of the molecule is O=C(Oc1ccc(-c2nc3ccccc3o2)cc1)c1ccccc1. The number of carbonyl (C=O) groups excluding carboxylic acids is 1. The van der Waals surface area contributed by atoms with Gasteiger partial charge in [0, 0.05) is 5.56 Å². The molecule has 0 amide bonds. The molecular weight excluding hydrogens is 302 g/mol. The fraction of sp³-hybridized carbons (Fsp3) is 0. The van der Waals surface area contributed by atoms with Crippen molar-refractivity contribution in [2.24, 2.45) is 0 Å². The summed E-state index contributed by atoms with van der Waals surface area (Å²) < 4.78 is 11.1. The standard InChI is InChI=1S/C20H13NO3/c22-20(15-6-2-1-3-7-15)23-16-12-10-14(11-13-16)19-21-17-8-4-5-9-18(17)24-19/h1-13H. The van der Waals surface area contributed by atoms with E-state index < -0.39 is 0 Å². The van der Waals surface area contributed by atoms with Crippen LogP contribution in [0.4, 0.5) is 0 Å². The molecule has 0 radical (unpaired) electrons. The van der Waals surface area contributed by atoms with Crippen molar-refractivity contribution >= 4 is 17.1 Å². The first-order valence-corrected chi connectivity index (χ1v) is 7.53. The van der Waals surface area contributed by atoms with E-state index in [2.05, 4.69) is 4.98 Å². The van der Waals surface area contributed by atoms with E-state index >= 15 is 0 Å². The number of hydrogen-bond donors (Lipinski definition) is 0. The highest BCUT2D eigenvalue weighted by atomic mass is 16.5. The van der Waals surface area contributed by atoms with Gasteiger partial charge in [-0.25, -0.2) is 9.78 Å². The second-order valence-electron chi connectivity index (χ2n) is 5.27. The van der Waals surface area contributed by atoms with E-state index in [0.717, 1.165) is 16.7 Å². The lowest BCUT2D eigenvalue weighted by Crippen LogP contribution is -2.07. The summed E-state index contributed by atoms with van der Waals surface area (Å²) in [5, 5.41) is 0. The van der Waals surface area contributed by atoms with Crippen LogP contribution in [0, 0.1) is 0 Å². The molecule has 4 rings (SSSR count). The Balaban J connectivity index is 1.55. The number of esters is 1. The quantitative estimate of drug-likeness (QED) is 0.406. The minimum absolute atomic E-state index is 0.384. The van der Waals surface area contributed by atoms with Crippen molar-refractivity contribution in [2.75, 3.05) is 0 Å². The van der Waals surface area contributed by atoms with Gasteiger partial charge in [-0.3, -0.25) is 0 Å². The van der Waals surface area contributed by atoms with Crippen LogP contribution in [0.5, 0.6) is 5.75 Å². The molecule has 0 bridgehead atoms. The fourth-order valence-corrected chi connectivity index (χ4v) is 2.40. The minimum Gasteiger partial charge on any atom is -0.436 e. The van der Waals surface area contributed by atoms with Gasteiger partial charge in [0.15, 0.2) is 5.58 Å². The summed E-state index contributed by atoms with van der Waals surface area (Å²) in [6, 6.07) is 23.6. The lowest BCUT2D eigenvalue weighted by Gasteiger charge is -2.04. The molecule has 0 aliphatic heterocycles. The van der Waals surface area contributed by atoms with Crippen LogP contribution in [0.2, 0.25) is 0 Å². The van der Waals surface area contributed by atoms with E-state index in [4.69, 9.17) is 9.15 Å². The molecule has 4 aromatic rings. The van der Waals surface area contributed by atoms with Crippen LogP contribution in [-0.4, -0.2) is 11.0 Å². The molecule has 0 saturated heterocycles. The van der Waals surface area contributed by atoms with Gasteiger partial charge in [0.2, 0.25) is 5.89 Å². The molecular formula is C20H13NO3. The Bertz CT molecular complexity index is 955. The number of nitrogens with zero attached hydrogens (tertiary/aromatic N) is 1. The number of benzene rings is 3. The Labute approximate surface area is 138 Å². The normalized spacial score (nSPS) is 10.7. The molecule has 1 aromatic heterocycles. The average molecular weight is 315 g/mol. The first-order valence-electron chi connectivity index (χ1n) is 7.53. The van der Waals surface area contributed by atoms with Gasteiger partial charge < -0.3 is 9.15 Å². The van der Waals surface area contributed by atoms with Gasteiger partial charge in [-0.05, 0) is 48.5 Å². The maximum atomic E-state index is 12.0. The highest BCUT2D eigenvalue weighted by Crippen LogP contribution is 2.26. The molecule has 4 nitrogen and oxygen atoms in total. The van der Waals surface area contributed by atoms with E-state index in [1.54, 1.807) is 36.4 Å². The largest absolute Gasteiger partial charge is 0.436 e. The highest BCUT2D eigenvalue weighted by Gasteiger charge is 2.10. The number of hydrogen-bond acceptors (Lipinski definition) is 4. The third-order valence-corrected chi connectivity index (χ3v) is 3.62. The van der Waals surface area contributed by atoms with Crippen molar-refractivity contribution in [1.82, 2.24) is 4.98 Å². The number of carbonyl (C=O) groups is 1.